The number of nitrogens with zero attached hydrogens (tertiary/aromatic N) is 2. The first-order valence-corrected chi connectivity index (χ1v) is 23.2. The molecule has 0 amide bonds. The summed E-state index contributed by atoms with van der Waals surface area (Å²) < 4.78 is 0. The molecule has 11 aromatic carbocycles. The van der Waals surface area contributed by atoms with Crippen LogP contribution in [-0.2, 0) is 5.41 Å². The predicted octanol–water partition coefficient (Wildman–Crippen LogP) is 16.6. The molecule has 0 unspecified atom stereocenters. The Kier molecular flexibility index (Phi) is 7.46. The zero-order valence-corrected chi connectivity index (χ0v) is 36.3. The van der Waals surface area contributed by atoms with E-state index in [2.05, 4.69) is 231 Å². The Morgan fingerprint density at radius 1 is 0.284 bits per heavy atom. The summed E-state index contributed by atoms with van der Waals surface area (Å²) in [5.74, 6) is 0.732. The smallest absolute Gasteiger partial charge is 0.161 e. The second-order valence-electron chi connectivity index (χ2n) is 18.3. The molecule has 67 heavy (non-hydrogen) atoms. The van der Waals surface area contributed by atoms with Crippen molar-refractivity contribution in [3.05, 3.63) is 253 Å². The van der Waals surface area contributed by atoms with Crippen molar-refractivity contribution in [2.45, 2.75) is 5.41 Å². The summed E-state index contributed by atoms with van der Waals surface area (Å²) in [5, 5.41) is 5.94. The van der Waals surface area contributed by atoms with E-state index in [1.165, 1.54) is 111 Å². The van der Waals surface area contributed by atoms with E-state index in [1.54, 1.807) is 0 Å². The molecule has 0 radical (unpaired) electrons. The number of fused-ring (bicyclic) bond motifs is 15. The van der Waals surface area contributed by atoms with Crippen molar-refractivity contribution in [2.24, 2.45) is 0 Å². The summed E-state index contributed by atoms with van der Waals surface area (Å²) in [7, 11) is 0. The maximum Gasteiger partial charge on any atom is 0.161 e. The first kappa shape index (κ1) is 36.6. The normalized spacial score (nSPS) is 13.2. The molecule has 0 saturated carbocycles. The minimum atomic E-state index is -0.638. The van der Waals surface area contributed by atoms with Crippen LogP contribution < -0.4 is 0 Å². The van der Waals surface area contributed by atoms with Crippen molar-refractivity contribution >= 4 is 32.4 Å². The number of aromatic nitrogens is 2. The van der Waals surface area contributed by atoms with Crippen molar-refractivity contribution in [1.82, 2.24) is 9.97 Å². The van der Waals surface area contributed by atoms with E-state index in [1.807, 2.05) is 0 Å². The van der Waals surface area contributed by atoms with Gasteiger partial charge >= 0.3 is 0 Å². The molecule has 308 valence electrons. The molecule has 0 fully saturated rings. The van der Waals surface area contributed by atoms with Crippen LogP contribution in [0.5, 0.6) is 0 Å². The highest BCUT2D eigenvalue weighted by Gasteiger charge is 2.54. The number of rotatable bonds is 4. The molecule has 3 aliphatic rings. The molecule has 2 heteroatoms. The van der Waals surface area contributed by atoms with Crippen LogP contribution in [-0.4, -0.2) is 9.97 Å². The minimum Gasteiger partial charge on any atom is -0.228 e. The fraction of sp³-hybridized carbons (Fsp3) is 0.0154. The third kappa shape index (κ3) is 4.94. The molecular weight excluding hydrogens is 809 g/mol. The van der Waals surface area contributed by atoms with Crippen LogP contribution >= 0.6 is 0 Å². The number of benzene rings is 11. The lowest BCUT2D eigenvalue weighted by Crippen LogP contribution is -2.26. The molecule has 1 spiro atoms. The maximum atomic E-state index is 5.84. The van der Waals surface area contributed by atoms with Gasteiger partial charge in [0.25, 0.3) is 0 Å². The summed E-state index contributed by atoms with van der Waals surface area (Å²) in [5.41, 5.74) is 23.2. The van der Waals surface area contributed by atoms with Crippen LogP contribution in [0.2, 0.25) is 0 Å². The lowest BCUT2D eigenvalue weighted by atomic mass is 9.69. The van der Waals surface area contributed by atoms with E-state index in [0.717, 1.165) is 33.5 Å². The van der Waals surface area contributed by atoms with Gasteiger partial charge in [-0.3, -0.25) is 0 Å². The highest BCUT2D eigenvalue weighted by Crippen LogP contribution is 2.68. The second-order valence-corrected chi connectivity index (χ2v) is 18.3. The Hall–Kier alpha value is -8.72. The van der Waals surface area contributed by atoms with Crippen LogP contribution in [0.3, 0.4) is 0 Å². The van der Waals surface area contributed by atoms with Gasteiger partial charge in [0.05, 0.1) is 16.6 Å². The van der Waals surface area contributed by atoms with E-state index in [0.29, 0.717) is 0 Å². The van der Waals surface area contributed by atoms with Crippen LogP contribution in [0.15, 0.2) is 231 Å². The van der Waals surface area contributed by atoms with Gasteiger partial charge in [0, 0.05) is 22.1 Å². The lowest BCUT2D eigenvalue weighted by molar-refractivity contribution is 0.794. The Labute approximate surface area is 388 Å². The molecule has 2 nitrogen and oxygen atoms in total. The molecule has 0 atom stereocenters. The zero-order chi connectivity index (χ0) is 43.8. The predicted molar refractivity (Wildman–Crippen MR) is 277 cm³/mol. The van der Waals surface area contributed by atoms with Crippen molar-refractivity contribution in [1.29, 1.82) is 0 Å². The van der Waals surface area contributed by atoms with E-state index in [4.69, 9.17) is 9.97 Å². The van der Waals surface area contributed by atoms with Crippen LogP contribution in [0, 0.1) is 0 Å². The molecule has 15 rings (SSSR count). The molecule has 3 aliphatic carbocycles. The van der Waals surface area contributed by atoms with Gasteiger partial charge in [-0.15, -0.1) is 0 Å². The van der Waals surface area contributed by atoms with Crippen molar-refractivity contribution in [3.8, 4) is 89.4 Å². The molecule has 0 bridgehead atoms. The van der Waals surface area contributed by atoms with Crippen LogP contribution in [0.1, 0.15) is 22.3 Å². The molecular formula is C65H38N2. The summed E-state index contributed by atoms with van der Waals surface area (Å²) in [6, 6.07) is 85.2. The average Bonchev–Trinajstić information content (AvgIpc) is 3.99. The second kappa shape index (κ2) is 13.7. The molecule has 0 N–H and O–H groups in total. The maximum absolute atomic E-state index is 5.84. The molecule has 0 saturated heterocycles. The quantitative estimate of drug-likeness (QED) is 0.176. The van der Waals surface area contributed by atoms with Crippen molar-refractivity contribution < 1.29 is 0 Å². The topological polar surface area (TPSA) is 25.8 Å². The first-order chi connectivity index (χ1) is 33.2. The highest BCUT2D eigenvalue weighted by atomic mass is 14.9. The summed E-state index contributed by atoms with van der Waals surface area (Å²) in [6.07, 6.45) is 0. The van der Waals surface area contributed by atoms with Gasteiger partial charge in [0.15, 0.2) is 5.82 Å². The summed E-state index contributed by atoms with van der Waals surface area (Å²) in [4.78, 5) is 11.5. The molecule has 1 heterocycles. The van der Waals surface area contributed by atoms with Gasteiger partial charge in [0.1, 0.15) is 0 Å². The summed E-state index contributed by atoms with van der Waals surface area (Å²) >= 11 is 0. The standard InChI is InChI=1S/C65H38N2/c1-3-18-40(19-4-1)50-36-53-56(37-51(50)41-20-5-2-6-21-41)65(54-30-12-9-25-45(54)46-26-10-13-31-55(46)65)57-38-52-47-28-15-23-42-24-16-29-49(59(42)47)60(52)62(61(53)57)64-66-58-32-14-11-27-48(58)63(67-64)44-34-33-39-17-7-8-22-43(39)35-44/h1-38H. The number of para-hydroxylation sites is 1. The van der Waals surface area contributed by atoms with Gasteiger partial charge in [-0.2, -0.15) is 0 Å². The van der Waals surface area contributed by atoms with Crippen molar-refractivity contribution in [3.63, 3.8) is 0 Å². The minimum absolute atomic E-state index is 0.638. The van der Waals surface area contributed by atoms with E-state index in [-0.39, 0.29) is 0 Å². The molecule has 1 aromatic heterocycles. The van der Waals surface area contributed by atoms with Gasteiger partial charge in [-0.1, -0.05) is 200 Å². The Morgan fingerprint density at radius 3 is 1.61 bits per heavy atom. The number of hydrogen-bond acceptors (Lipinski definition) is 2. The summed E-state index contributed by atoms with van der Waals surface area (Å²) in [6.45, 7) is 0. The van der Waals surface area contributed by atoms with Crippen LogP contribution in [0.25, 0.3) is 122 Å². The lowest BCUT2D eigenvalue weighted by Gasteiger charge is -2.31. The largest absolute Gasteiger partial charge is 0.228 e. The fourth-order valence-electron chi connectivity index (χ4n) is 12.3. The Bertz CT molecular complexity index is 4040. The first-order valence-electron chi connectivity index (χ1n) is 23.2. The van der Waals surface area contributed by atoms with Gasteiger partial charge < -0.3 is 0 Å². The average molecular weight is 847 g/mol. The van der Waals surface area contributed by atoms with Crippen molar-refractivity contribution in [2.75, 3.05) is 0 Å². The SMILES string of the molecule is c1ccc(-c2cc3c(cc2-c2ccccc2)C2(c4ccccc4-c4ccccc42)c2cc4c(c(-c5nc(-c6ccc7ccccc7c6)c6ccccc6n5)c2-3)-c2cccc3cccc-4c23)cc1. The molecule has 12 aromatic rings. The monoisotopic (exact) mass is 846 g/mol. The van der Waals surface area contributed by atoms with Gasteiger partial charge in [0.2, 0.25) is 0 Å². The Morgan fingerprint density at radius 2 is 0.866 bits per heavy atom. The fourth-order valence-corrected chi connectivity index (χ4v) is 12.3. The van der Waals surface area contributed by atoms with Gasteiger partial charge in [-0.25, -0.2) is 9.97 Å². The zero-order valence-electron chi connectivity index (χ0n) is 36.3. The third-order valence-corrected chi connectivity index (χ3v) is 15.0. The van der Waals surface area contributed by atoms with E-state index in [9.17, 15) is 0 Å². The number of hydrogen-bond donors (Lipinski definition) is 0. The van der Waals surface area contributed by atoms with Crippen LogP contribution in [0.4, 0.5) is 0 Å². The third-order valence-electron chi connectivity index (χ3n) is 15.0. The van der Waals surface area contributed by atoms with E-state index < -0.39 is 5.41 Å². The van der Waals surface area contributed by atoms with Gasteiger partial charge in [-0.05, 0) is 135 Å². The molecule has 0 aliphatic heterocycles. The van der Waals surface area contributed by atoms with E-state index >= 15 is 0 Å². The highest BCUT2D eigenvalue weighted by molar-refractivity contribution is 6.21. The Balaban J connectivity index is 1.16.